The lowest BCUT2D eigenvalue weighted by atomic mass is 10.1. The Labute approximate surface area is 91.4 Å². The minimum absolute atomic E-state index is 0.101. The molecule has 0 bridgehead atoms. The number of halogens is 2. The highest BCUT2D eigenvalue weighted by atomic mass is 19.1. The molecule has 86 valence electrons. The van der Waals surface area contributed by atoms with Gasteiger partial charge in [-0.1, -0.05) is 12.1 Å². The van der Waals surface area contributed by atoms with Crippen LogP contribution in [0, 0.1) is 11.6 Å². The average Bonchev–Trinajstić information content (AvgIpc) is 2.20. The number of benzene rings is 1. The number of carboxylic acids is 1. The van der Waals surface area contributed by atoms with Crippen LogP contribution in [0.5, 0.6) is 0 Å². The summed E-state index contributed by atoms with van der Waals surface area (Å²) in [5, 5.41) is 11.5. The van der Waals surface area contributed by atoms with Crippen LogP contribution in [-0.2, 0) is 4.79 Å². The molecule has 0 heterocycles. The third-order valence-corrected chi connectivity index (χ3v) is 1.99. The molecule has 0 fully saturated rings. The van der Waals surface area contributed by atoms with Gasteiger partial charge < -0.3 is 5.11 Å². The predicted molar refractivity (Wildman–Crippen MR) is 54.9 cm³/mol. The summed E-state index contributed by atoms with van der Waals surface area (Å²) in [7, 11) is 0. The van der Waals surface area contributed by atoms with E-state index in [1.54, 1.807) is 0 Å². The average molecular weight is 227 g/mol. The molecule has 3 nitrogen and oxygen atoms in total. The van der Waals surface area contributed by atoms with Gasteiger partial charge in [-0.2, -0.15) is 0 Å². The number of hydrogen-bond acceptors (Lipinski definition) is 2. The largest absolute Gasteiger partial charge is 0.480 e. The summed E-state index contributed by atoms with van der Waals surface area (Å²) < 4.78 is 26.0. The Morgan fingerprint density at radius 1 is 1.56 bits per heavy atom. The van der Waals surface area contributed by atoms with Crippen LogP contribution in [0.2, 0.25) is 0 Å². The Bertz CT molecular complexity index is 407. The zero-order valence-corrected chi connectivity index (χ0v) is 8.41. The molecule has 2 N–H and O–H groups in total. The van der Waals surface area contributed by atoms with Crippen molar-refractivity contribution >= 4 is 5.97 Å². The zero-order valence-electron chi connectivity index (χ0n) is 8.41. The first-order valence-corrected chi connectivity index (χ1v) is 4.58. The van der Waals surface area contributed by atoms with Crippen molar-refractivity contribution in [1.29, 1.82) is 0 Å². The van der Waals surface area contributed by atoms with Gasteiger partial charge in [0.25, 0.3) is 0 Å². The lowest BCUT2D eigenvalue weighted by Gasteiger charge is -2.14. The lowest BCUT2D eigenvalue weighted by molar-refractivity contribution is -0.139. The summed E-state index contributed by atoms with van der Waals surface area (Å²) in [6.45, 7) is 3.63. The number of carbonyl (C=O) groups is 1. The second-order valence-electron chi connectivity index (χ2n) is 3.13. The minimum atomic E-state index is -1.23. The monoisotopic (exact) mass is 227 g/mol. The lowest BCUT2D eigenvalue weighted by Crippen LogP contribution is -2.29. The van der Waals surface area contributed by atoms with E-state index in [2.05, 4.69) is 11.9 Å². The van der Waals surface area contributed by atoms with E-state index in [9.17, 15) is 13.6 Å². The minimum Gasteiger partial charge on any atom is -0.480 e. The van der Waals surface area contributed by atoms with Gasteiger partial charge in [-0.15, -0.1) is 6.58 Å². The Kier molecular flexibility index (Phi) is 4.13. The second-order valence-corrected chi connectivity index (χ2v) is 3.13. The van der Waals surface area contributed by atoms with Crippen LogP contribution in [0.25, 0.3) is 0 Å². The highest BCUT2D eigenvalue weighted by molar-refractivity contribution is 5.75. The standard InChI is InChI=1S/C11H11F2NO2/c1-2-5-14-10(11(15)16)8-4-3-7(12)6-9(8)13/h2-4,6,10,14H,1,5H2,(H,15,16). The topological polar surface area (TPSA) is 49.3 Å². The van der Waals surface area contributed by atoms with Crippen LogP contribution in [0.3, 0.4) is 0 Å². The summed E-state index contributed by atoms with van der Waals surface area (Å²) in [4.78, 5) is 10.9. The van der Waals surface area contributed by atoms with E-state index in [0.717, 1.165) is 12.1 Å². The predicted octanol–water partition coefficient (Wildman–Crippen LogP) is 1.87. The fourth-order valence-electron chi connectivity index (χ4n) is 1.27. The number of nitrogens with one attached hydrogen (secondary N) is 1. The molecule has 0 aliphatic carbocycles. The third-order valence-electron chi connectivity index (χ3n) is 1.99. The van der Waals surface area contributed by atoms with Crippen LogP contribution in [0.1, 0.15) is 11.6 Å². The van der Waals surface area contributed by atoms with Crippen LogP contribution in [0.4, 0.5) is 8.78 Å². The van der Waals surface area contributed by atoms with Crippen molar-refractivity contribution in [2.24, 2.45) is 0 Å². The van der Waals surface area contributed by atoms with Crippen molar-refractivity contribution < 1.29 is 18.7 Å². The molecule has 0 aliphatic rings. The van der Waals surface area contributed by atoms with E-state index in [-0.39, 0.29) is 12.1 Å². The van der Waals surface area contributed by atoms with E-state index in [1.807, 2.05) is 0 Å². The molecular formula is C11H11F2NO2. The van der Waals surface area contributed by atoms with Crippen LogP contribution in [0.15, 0.2) is 30.9 Å². The van der Waals surface area contributed by atoms with Crippen molar-refractivity contribution in [3.63, 3.8) is 0 Å². The highest BCUT2D eigenvalue weighted by Gasteiger charge is 2.22. The summed E-state index contributed by atoms with van der Waals surface area (Å²) in [5.74, 6) is -2.86. The van der Waals surface area contributed by atoms with E-state index in [0.29, 0.717) is 6.07 Å². The van der Waals surface area contributed by atoms with Gasteiger partial charge in [0, 0.05) is 18.2 Å². The van der Waals surface area contributed by atoms with Gasteiger partial charge in [0.05, 0.1) is 0 Å². The molecule has 0 saturated heterocycles. The maximum absolute atomic E-state index is 13.3. The fraction of sp³-hybridized carbons (Fsp3) is 0.182. The summed E-state index contributed by atoms with van der Waals surface area (Å²) >= 11 is 0. The first-order chi connectivity index (χ1) is 7.56. The van der Waals surface area contributed by atoms with Crippen molar-refractivity contribution in [2.45, 2.75) is 6.04 Å². The Hall–Kier alpha value is -1.75. The molecule has 0 aliphatic heterocycles. The SMILES string of the molecule is C=CCNC(C(=O)O)c1ccc(F)cc1F. The molecular weight excluding hydrogens is 216 g/mol. The van der Waals surface area contributed by atoms with E-state index < -0.39 is 23.6 Å². The van der Waals surface area contributed by atoms with Crippen molar-refractivity contribution in [1.82, 2.24) is 5.32 Å². The van der Waals surface area contributed by atoms with Gasteiger partial charge >= 0.3 is 5.97 Å². The van der Waals surface area contributed by atoms with Crippen LogP contribution in [-0.4, -0.2) is 17.6 Å². The quantitative estimate of drug-likeness (QED) is 0.755. The number of carboxylic acid groups (broad SMARTS) is 1. The van der Waals surface area contributed by atoms with E-state index in [1.165, 1.54) is 6.08 Å². The molecule has 16 heavy (non-hydrogen) atoms. The smallest absolute Gasteiger partial charge is 0.325 e. The third kappa shape index (κ3) is 2.87. The molecule has 0 spiro atoms. The molecule has 0 radical (unpaired) electrons. The van der Waals surface area contributed by atoms with Crippen molar-refractivity contribution in [3.8, 4) is 0 Å². The first-order valence-electron chi connectivity index (χ1n) is 4.58. The maximum atomic E-state index is 13.3. The molecule has 1 aromatic rings. The van der Waals surface area contributed by atoms with Gasteiger partial charge in [-0.3, -0.25) is 10.1 Å². The van der Waals surface area contributed by atoms with Crippen LogP contribution >= 0.6 is 0 Å². The molecule has 5 heteroatoms. The number of aliphatic carboxylic acids is 1. The van der Waals surface area contributed by atoms with E-state index in [4.69, 9.17) is 5.11 Å². The molecule has 1 aromatic carbocycles. The Morgan fingerprint density at radius 3 is 2.75 bits per heavy atom. The van der Waals surface area contributed by atoms with Gasteiger partial charge in [-0.25, -0.2) is 8.78 Å². The van der Waals surface area contributed by atoms with Gasteiger partial charge in [-0.05, 0) is 6.07 Å². The second kappa shape index (κ2) is 5.37. The number of hydrogen-bond donors (Lipinski definition) is 2. The molecule has 0 amide bonds. The Morgan fingerprint density at radius 2 is 2.25 bits per heavy atom. The Balaban J connectivity index is 3.00. The van der Waals surface area contributed by atoms with Gasteiger partial charge in [0.1, 0.15) is 17.7 Å². The normalized spacial score (nSPS) is 12.1. The number of rotatable bonds is 5. The molecule has 0 aromatic heterocycles. The summed E-state index contributed by atoms with van der Waals surface area (Å²) in [6.07, 6.45) is 1.46. The summed E-state index contributed by atoms with van der Waals surface area (Å²) in [6, 6.07) is 1.57. The molecule has 1 rings (SSSR count). The van der Waals surface area contributed by atoms with Crippen molar-refractivity contribution in [2.75, 3.05) is 6.54 Å². The zero-order chi connectivity index (χ0) is 12.1. The first kappa shape index (κ1) is 12.3. The maximum Gasteiger partial charge on any atom is 0.325 e. The molecule has 0 saturated carbocycles. The molecule has 1 unspecified atom stereocenters. The van der Waals surface area contributed by atoms with Crippen LogP contribution < -0.4 is 5.32 Å². The fourth-order valence-corrected chi connectivity index (χ4v) is 1.27. The molecule has 1 atom stereocenters. The highest BCUT2D eigenvalue weighted by Crippen LogP contribution is 2.18. The van der Waals surface area contributed by atoms with Gasteiger partial charge in [0.15, 0.2) is 0 Å². The van der Waals surface area contributed by atoms with E-state index >= 15 is 0 Å². The van der Waals surface area contributed by atoms with Gasteiger partial charge in [0.2, 0.25) is 0 Å². The summed E-state index contributed by atoms with van der Waals surface area (Å²) in [5.41, 5.74) is -0.101. The van der Waals surface area contributed by atoms with Crippen molar-refractivity contribution in [3.05, 3.63) is 48.1 Å².